The maximum absolute atomic E-state index is 13.2. The number of aliphatic hydroxyl groups excluding tert-OH is 1. The van der Waals surface area contributed by atoms with Gasteiger partial charge < -0.3 is 9.84 Å². The van der Waals surface area contributed by atoms with E-state index in [-0.39, 0.29) is 19.6 Å². The van der Waals surface area contributed by atoms with E-state index in [0.29, 0.717) is 0 Å². The van der Waals surface area contributed by atoms with Crippen LogP contribution < -0.4 is 10.4 Å². The van der Waals surface area contributed by atoms with Crippen LogP contribution in [0.25, 0.3) is 0 Å². The monoisotopic (exact) mass is 431 g/mol. The van der Waals surface area contributed by atoms with Crippen molar-refractivity contribution in [2.45, 2.75) is 25.2 Å². The van der Waals surface area contributed by atoms with Gasteiger partial charge in [-0.3, -0.25) is 20.1 Å². The Morgan fingerprint density at radius 1 is 0.906 bits per heavy atom. The number of hydrogen-bond donors (Lipinski definition) is 2. The smallest absolute Gasteiger partial charge is 0.410 e. The lowest BCUT2D eigenvalue weighted by molar-refractivity contribution is -0.125. The van der Waals surface area contributed by atoms with Gasteiger partial charge in [-0.25, -0.2) is 4.79 Å². The first-order valence-corrected chi connectivity index (χ1v) is 10.5. The zero-order chi connectivity index (χ0) is 22.3. The number of para-hydroxylation sites is 2. The van der Waals surface area contributed by atoms with Crippen LogP contribution in [0.2, 0.25) is 0 Å². The van der Waals surface area contributed by atoms with Crippen LogP contribution in [0.5, 0.6) is 0 Å². The molecule has 164 valence electrons. The van der Waals surface area contributed by atoms with Gasteiger partial charge in [-0.1, -0.05) is 66.7 Å². The van der Waals surface area contributed by atoms with Crippen molar-refractivity contribution in [1.29, 1.82) is 0 Å². The summed E-state index contributed by atoms with van der Waals surface area (Å²) in [6.07, 6.45) is -1.28. The number of carbonyl (C=O) groups is 2. The Balaban J connectivity index is 1.49. The molecule has 32 heavy (non-hydrogen) atoms. The van der Waals surface area contributed by atoms with Gasteiger partial charge in [0.1, 0.15) is 12.6 Å². The summed E-state index contributed by atoms with van der Waals surface area (Å²) in [5.74, 6) is -0.397. The third kappa shape index (κ3) is 5.07. The predicted octanol–water partition coefficient (Wildman–Crippen LogP) is 3.63. The average Bonchev–Trinajstić information content (AvgIpc) is 3.24. The van der Waals surface area contributed by atoms with Gasteiger partial charge in [0, 0.05) is 6.42 Å². The van der Waals surface area contributed by atoms with Crippen molar-refractivity contribution in [3.63, 3.8) is 0 Å². The Hall–Kier alpha value is -3.84. The molecule has 0 aromatic heterocycles. The number of ether oxygens (including phenoxy) is 1. The summed E-state index contributed by atoms with van der Waals surface area (Å²) >= 11 is 0. The normalized spacial score (nSPS) is 17.6. The van der Waals surface area contributed by atoms with Crippen molar-refractivity contribution in [2.24, 2.45) is 0 Å². The maximum atomic E-state index is 13.2. The number of rotatable bonds is 6. The van der Waals surface area contributed by atoms with Gasteiger partial charge in [0.05, 0.1) is 24.0 Å². The Kier molecular flexibility index (Phi) is 6.67. The first kappa shape index (κ1) is 21.4. The molecule has 0 saturated carbocycles. The second-order valence-electron chi connectivity index (χ2n) is 7.58. The van der Waals surface area contributed by atoms with Crippen molar-refractivity contribution in [3.05, 3.63) is 96.6 Å². The molecule has 3 aromatic carbocycles. The third-order valence-electron chi connectivity index (χ3n) is 5.27. The molecule has 0 aliphatic carbocycles. The highest BCUT2D eigenvalue weighted by molar-refractivity contribution is 5.88. The Morgan fingerprint density at radius 3 is 2.00 bits per heavy atom. The molecule has 4 rings (SSSR count). The first-order valence-electron chi connectivity index (χ1n) is 10.5. The summed E-state index contributed by atoms with van der Waals surface area (Å²) in [7, 11) is 0. The lowest BCUT2D eigenvalue weighted by Gasteiger charge is -2.29. The minimum Gasteiger partial charge on any atom is -0.445 e. The second kappa shape index (κ2) is 9.98. The molecular formula is C25H25N3O4. The molecule has 0 unspecified atom stereocenters. The van der Waals surface area contributed by atoms with E-state index in [1.807, 2.05) is 91.0 Å². The molecular weight excluding hydrogens is 406 g/mol. The van der Waals surface area contributed by atoms with Crippen LogP contribution in [-0.2, 0) is 16.1 Å². The number of hydrogen-bond acceptors (Lipinski definition) is 5. The Labute approximate surface area is 186 Å². The van der Waals surface area contributed by atoms with Crippen LogP contribution in [0.3, 0.4) is 0 Å². The highest BCUT2D eigenvalue weighted by Gasteiger charge is 2.40. The van der Waals surface area contributed by atoms with Crippen molar-refractivity contribution >= 4 is 23.4 Å². The quantitative estimate of drug-likeness (QED) is 0.583. The molecule has 0 spiro atoms. The molecule has 1 fully saturated rings. The Morgan fingerprint density at radius 2 is 1.44 bits per heavy atom. The number of likely N-dealkylation sites (tertiary alicyclic amines) is 1. The SMILES string of the molecule is O=C(NN(c1ccccc1)c1ccccc1)[C@@H]1C[C@@H](O)CN1C(=O)OCc1ccccc1. The highest BCUT2D eigenvalue weighted by Crippen LogP contribution is 2.25. The van der Waals surface area contributed by atoms with E-state index in [1.54, 1.807) is 5.01 Å². The molecule has 1 aliphatic rings. The van der Waals surface area contributed by atoms with Crippen molar-refractivity contribution in [1.82, 2.24) is 10.3 Å². The van der Waals surface area contributed by atoms with Crippen LogP contribution >= 0.6 is 0 Å². The van der Waals surface area contributed by atoms with Gasteiger partial charge in [-0.15, -0.1) is 0 Å². The lowest BCUT2D eigenvalue weighted by Crippen LogP contribution is -2.50. The second-order valence-corrected chi connectivity index (χ2v) is 7.58. The molecule has 0 radical (unpaired) electrons. The number of anilines is 2. The number of hydrazine groups is 1. The number of nitrogens with one attached hydrogen (secondary N) is 1. The summed E-state index contributed by atoms with van der Waals surface area (Å²) < 4.78 is 5.40. The van der Waals surface area contributed by atoms with Crippen LogP contribution in [0.1, 0.15) is 12.0 Å². The molecule has 2 amide bonds. The van der Waals surface area contributed by atoms with Crippen molar-refractivity contribution in [2.75, 3.05) is 11.6 Å². The summed E-state index contributed by atoms with van der Waals surface area (Å²) in [6.45, 7) is 0.142. The van der Waals surface area contributed by atoms with Crippen molar-refractivity contribution in [3.8, 4) is 0 Å². The maximum Gasteiger partial charge on any atom is 0.410 e. The molecule has 7 heteroatoms. The summed E-state index contributed by atoms with van der Waals surface area (Å²) in [6, 6.07) is 27.3. The van der Waals surface area contributed by atoms with Crippen molar-refractivity contribution < 1.29 is 19.4 Å². The van der Waals surface area contributed by atoms with Gasteiger partial charge in [-0.05, 0) is 29.8 Å². The van der Waals surface area contributed by atoms with Crippen LogP contribution in [0.15, 0.2) is 91.0 Å². The molecule has 7 nitrogen and oxygen atoms in total. The fourth-order valence-electron chi connectivity index (χ4n) is 3.68. The summed E-state index contributed by atoms with van der Waals surface area (Å²) in [5, 5.41) is 11.8. The molecule has 0 bridgehead atoms. The molecule has 1 heterocycles. The number of benzene rings is 3. The number of β-amino-alcohol motifs (C(OH)–C–C–N with tert-alkyl or cyclic N) is 1. The van der Waals surface area contributed by atoms with Gasteiger partial charge in [-0.2, -0.15) is 0 Å². The molecule has 2 atom stereocenters. The zero-order valence-corrected chi connectivity index (χ0v) is 17.5. The largest absolute Gasteiger partial charge is 0.445 e. The van der Waals surface area contributed by atoms with Crippen LogP contribution in [-0.4, -0.2) is 40.7 Å². The summed E-state index contributed by atoms with van der Waals surface area (Å²) in [5.41, 5.74) is 5.29. The van der Waals surface area contributed by atoms with Gasteiger partial charge in [0.2, 0.25) is 0 Å². The number of aliphatic hydroxyl groups is 1. The van der Waals surface area contributed by atoms with E-state index in [9.17, 15) is 14.7 Å². The van der Waals surface area contributed by atoms with E-state index >= 15 is 0 Å². The lowest BCUT2D eigenvalue weighted by atomic mass is 10.2. The van der Waals surface area contributed by atoms with E-state index in [0.717, 1.165) is 16.9 Å². The minimum absolute atomic E-state index is 0.0440. The summed E-state index contributed by atoms with van der Waals surface area (Å²) in [4.78, 5) is 27.2. The highest BCUT2D eigenvalue weighted by atomic mass is 16.6. The number of nitrogens with zero attached hydrogens (tertiary/aromatic N) is 2. The average molecular weight is 431 g/mol. The molecule has 1 aliphatic heterocycles. The number of carbonyl (C=O) groups excluding carboxylic acids is 2. The first-order chi connectivity index (χ1) is 15.6. The third-order valence-corrected chi connectivity index (χ3v) is 5.27. The number of amides is 2. The topological polar surface area (TPSA) is 82.1 Å². The zero-order valence-electron chi connectivity index (χ0n) is 17.5. The van der Waals surface area contributed by atoms with E-state index < -0.39 is 24.1 Å². The van der Waals surface area contributed by atoms with E-state index in [1.165, 1.54) is 4.90 Å². The minimum atomic E-state index is -0.844. The van der Waals surface area contributed by atoms with Gasteiger partial charge >= 0.3 is 6.09 Å². The van der Waals surface area contributed by atoms with Crippen LogP contribution in [0, 0.1) is 0 Å². The van der Waals surface area contributed by atoms with E-state index in [2.05, 4.69) is 5.43 Å². The van der Waals surface area contributed by atoms with E-state index in [4.69, 9.17) is 4.74 Å². The standard InChI is InChI=1S/C25H25N3O4/c29-22-16-23(27(17-22)25(31)32-18-19-10-4-1-5-11-19)24(30)26-28(20-12-6-2-7-13-20)21-14-8-3-9-15-21/h1-15,22-23,29H,16-18H2,(H,26,30)/t22-,23+/m1/s1. The van der Waals surface area contributed by atoms with Crippen LogP contribution in [0.4, 0.5) is 16.2 Å². The fourth-order valence-corrected chi connectivity index (χ4v) is 3.68. The molecule has 2 N–H and O–H groups in total. The van der Waals surface area contributed by atoms with Gasteiger partial charge in [0.15, 0.2) is 0 Å². The van der Waals surface area contributed by atoms with Gasteiger partial charge in [0.25, 0.3) is 5.91 Å². The molecule has 3 aromatic rings. The molecule has 1 saturated heterocycles. The Bertz CT molecular complexity index is 991. The predicted molar refractivity (Wildman–Crippen MR) is 121 cm³/mol. The fraction of sp³-hybridized carbons (Fsp3) is 0.200.